The van der Waals surface area contributed by atoms with Gasteiger partial charge in [-0.2, -0.15) is 13.2 Å². The Labute approximate surface area is 165 Å². The molecule has 8 heteroatoms. The highest BCUT2D eigenvalue weighted by Gasteiger charge is 2.29. The molecular weight excluding hydrogens is 444 g/mol. The molecular formula is C17H28F3IN4. The van der Waals surface area contributed by atoms with Gasteiger partial charge in [0.2, 0.25) is 0 Å². The Morgan fingerprint density at radius 1 is 1.08 bits per heavy atom. The summed E-state index contributed by atoms with van der Waals surface area (Å²) in [5.41, 5.74) is 0.138. The Balaban J connectivity index is 0.00000576. The molecule has 144 valence electrons. The smallest absolute Gasteiger partial charge is 0.356 e. The van der Waals surface area contributed by atoms with Crippen LogP contribution in [0.3, 0.4) is 0 Å². The van der Waals surface area contributed by atoms with E-state index in [1.165, 1.54) is 12.1 Å². The maximum atomic E-state index is 12.5. The molecule has 0 radical (unpaired) electrons. The molecule has 0 aliphatic rings. The normalized spacial score (nSPS) is 12.0. The van der Waals surface area contributed by atoms with Gasteiger partial charge in [0, 0.05) is 20.1 Å². The fourth-order valence-corrected chi connectivity index (χ4v) is 2.27. The van der Waals surface area contributed by atoms with Gasteiger partial charge in [0.15, 0.2) is 5.96 Å². The van der Waals surface area contributed by atoms with Crippen molar-refractivity contribution >= 4 is 29.9 Å². The lowest BCUT2D eigenvalue weighted by molar-refractivity contribution is -0.137. The monoisotopic (exact) mass is 472 g/mol. The average Bonchev–Trinajstić information content (AvgIpc) is 2.57. The molecule has 1 rings (SSSR count). The van der Waals surface area contributed by atoms with Gasteiger partial charge in [-0.1, -0.05) is 26.0 Å². The van der Waals surface area contributed by atoms with Crippen molar-refractivity contribution < 1.29 is 13.2 Å². The van der Waals surface area contributed by atoms with E-state index in [1.807, 2.05) is 0 Å². The van der Waals surface area contributed by atoms with E-state index in [1.54, 1.807) is 7.05 Å². The van der Waals surface area contributed by atoms with E-state index in [9.17, 15) is 13.2 Å². The summed E-state index contributed by atoms with van der Waals surface area (Å²) >= 11 is 0. The second-order valence-electron chi connectivity index (χ2n) is 5.43. The molecule has 0 aliphatic heterocycles. The van der Waals surface area contributed by atoms with Crippen molar-refractivity contribution in [2.45, 2.75) is 33.0 Å². The molecule has 0 bridgehead atoms. The van der Waals surface area contributed by atoms with Crippen LogP contribution in [-0.2, 0) is 12.7 Å². The Bertz CT molecular complexity index is 500. The van der Waals surface area contributed by atoms with Gasteiger partial charge >= 0.3 is 6.18 Å². The number of guanidine groups is 1. The number of nitrogens with one attached hydrogen (secondary N) is 2. The molecule has 25 heavy (non-hydrogen) atoms. The molecule has 0 atom stereocenters. The van der Waals surface area contributed by atoms with Gasteiger partial charge in [0.25, 0.3) is 0 Å². The van der Waals surface area contributed by atoms with Gasteiger partial charge in [0.1, 0.15) is 0 Å². The summed E-state index contributed by atoms with van der Waals surface area (Å²) in [6.45, 7) is 8.60. The van der Waals surface area contributed by atoms with Gasteiger partial charge in [-0.05, 0) is 43.8 Å². The molecule has 2 N–H and O–H groups in total. The molecule has 0 heterocycles. The highest BCUT2D eigenvalue weighted by molar-refractivity contribution is 14.0. The van der Waals surface area contributed by atoms with Crippen LogP contribution in [0.15, 0.2) is 29.3 Å². The van der Waals surface area contributed by atoms with Crippen LogP contribution in [-0.4, -0.2) is 44.1 Å². The molecule has 4 nitrogen and oxygen atoms in total. The van der Waals surface area contributed by atoms with Crippen LogP contribution in [0.5, 0.6) is 0 Å². The molecule has 0 amide bonds. The largest absolute Gasteiger partial charge is 0.416 e. The fraction of sp³-hybridized carbons (Fsp3) is 0.588. The first-order valence-corrected chi connectivity index (χ1v) is 8.23. The molecule has 0 saturated heterocycles. The van der Waals surface area contributed by atoms with Crippen LogP contribution in [0.1, 0.15) is 31.4 Å². The van der Waals surface area contributed by atoms with Gasteiger partial charge in [0.05, 0.1) is 5.56 Å². The van der Waals surface area contributed by atoms with Crippen molar-refractivity contribution in [3.63, 3.8) is 0 Å². The predicted octanol–water partition coefficient (Wildman–Crippen LogP) is 3.72. The highest BCUT2D eigenvalue weighted by atomic mass is 127. The molecule has 0 aromatic heterocycles. The molecule has 0 spiro atoms. The van der Waals surface area contributed by atoms with Crippen molar-refractivity contribution in [1.82, 2.24) is 15.5 Å². The molecule has 1 aromatic carbocycles. The van der Waals surface area contributed by atoms with Crippen molar-refractivity contribution in [3.05, 3.63) is 35.4 Å². The van der Waals surface area contributed by atoms with E-state index in [0.717, 1.165) is 50.3 Å². The standard InChI is InChI=1S/C17H27F3N4.HI/c1-4-24(5-2)12-6-11-22-16(21-3)23-13-14-7-9-15(10-8-14)17(18,19)20;/h7-10H,4-6,11-13H2,1-3H3,(H2,21,22,23);1H. The third-order valence-corrected chi connectivity index (χ3v) is 3.80. The number of hydrogen-bond donors (Lipinski definition) is 2. The van der Waals surface area contributed by atoms with Crippen LogP contribution in [0.25, 0.3) is 0 Å². The lowest BCUT2D eigenvalue weighted by Gasteiger charge is -2.18. The quantitative estimate of drug-likeness (QED) is 0.262. The van der Waals surface area contributed by atoms with Crippen molar-refractivity contribution in [2.75, 3.05) is 33.2 Å². The maximum Gasteiger partial charge on any atom is 0.416 e. The van der Waals surface area contributed by atoms with Crippen molar-refractivity contribution in [2.24, 2.45) is 4.99 Å². The first-order valence-electron chi connectivity index (χ1n) is 8.23. The second-order valence-corrected chi connectivity index (χ2v) is 5.43. The number of benzene rings is 1. The molecule has 0 aliphatic carbocycles. The topological polar surface area (TPSA) is 39.7 Å². The van der Waals surface area contributed by atoms with Crippen molar-refractivity contribution in [1.29, 1.82) is 0 Å². The Hall–Kier alpha value is -1.03. The first-order chi connectivity index (χ1) is 11.4. The second kappa shape index (κ2) is 12.3. The zero-order chi connectivity index (χ0) is 18.0. The van der Waals surface area contributed by atoms with Gasteiger partial charge < -0.3 is 15.5 Å². The lowest BCUT2D eigenvalue weighted by atomic mass is 10.1. The van der Waals surface area contributed by atoms with Crippen LogP contribution in [0.4, 0.5) is 13.2 Å². The third kappa shape index (κ3) is 9.29. The predicted molar refractivity (Wildman–Crippen MR) is 107 cm³/mol. The number of halogens is 4. The lowest BCUT2D eigenvalue weighted by Crippen LogP contribution is -2.38. The van der Waals surface area contributed by atoms with Crippen molar-refractivity contribution in [3.8, 4) is 0 Å². The SMILES string of the molecule is CCN(CC)CCCNC(=NC)NCc1ccc(C(F)(F)F)cc1.I. The van der Waals surface area contributed by atoms with E-state index in [4.69, 9.17) is 0 Å². The number of nitrogens with zero attached hydrogens (tertiary/aromatic N) is 2. The summed E-state index contributed by atoms with van der Waals surface area (Å²) in [6.07, 6.45) is -3.29. The molecule has 0 unspecified atom stereocenters. The number of rotatable bonds is 8. The summed E-state index contributed by atoms with van der Waals surface area (Å²) in [4.78, 5) is 6.47. The van der Waals surface area contributed by atoms with Gasteiger partial charge in [-0.3, -0.25) is 4.99 Å². The number of aliphatic imine (C=N–C) groups is 1. The average molecular weight is 472 g/mol. The molecule has 1 aromatic rings. The maximum absolute atomic E-state index is 12.5. The molecule has 0 saturated carbocycles. The van der Waals surface area contributed by atoms with E-state index >= 15 is 0 Å². The zero-order valence-electron chi connectivity index (χ0n) is 15.0. The van der Waals surface area contributed by atoms with Gasteiger partial charge in [-0.15, -0.1) is 24.0 Å². The van der Waals surface area contributed by atoms with E-state index in [0.29, 0.717) is 12.5 Å². The van der Waals surface area contributed by atoms with Crippen LogP contribution < -0.4 is 10.6 Å². The van der Waals surface area contributed by atoms with Crippen LogP contribution in [0, 0.1) is 0 Å². The fourth-order valence-electron chi connectivity index (χ4n) is 2.27. The number of alkyl halides is 3. The van der Waals surface area contributed by atoms with Crippen LogP contribution in [0.2, 0.25) is 0 Å². The third-order valence-electron chi connectivity index (χ3n) is 3.80. The first kappa shape index (κ1) is 24.0. The summed E-state index contributed by atoms with van der Waals surface area (Å²) in [5, 5.41) is 6.32. The highest BCUT2D eigenvalue weighted by Crippen LogP contribution is 2.28. The number of hydrogen-bond acceptors (Lipinski definition) is 2. The summed E-state index contributed by atoms with van der Waals surface area (Å²) in [6, 6.07) is 5.14. The minimum Gasteiger partial charge on any atom is -0.356 e. The van der Waals surface area contributed by atoms with E-state index in [2.05, 4.69) is 34.4 Å². The van der Waals surface area contributed by atoms with Crippen LogP contribution >= 0.6 is 24.0 Å². The van der Waals surface area contributed by atoms with Gasteiger partial charge in [-0.25, -0.2) is 0 Å². The van der Waals surface area contributed by atoms with E-state index < -0.39 is 11.7 Å². The minimum absolute atomic E-state index is 0. The molecule has 0 fully saturated rings. The Morgan fingerprint density at radius 3 is 2.16 bits per heavy atom. The zero-order valence-corrected chi connectivity index (χ0v) is 17.3. The Morgan fingerprint density at radius 2 is 1.68 bits per heavy atom. The summed E-state index contributed by atoms with van der Waals surface area (Å²) in [7, 11) is 1.67. The Kier molecular flexibility index (Phi) is 11.8. The summed E-state index contributed by atoms with van der Waals surface area (Å²) < 4.78 is 37.6. The van der Waals surface area contributed by atoms with E-state index in [-0.39, 0.29) is 24.0 Å². The minimum atomic E-state index is -4.30. The summed E-state index contributed by atoms with van der Waals surface area (Å²) in [5.74, 6) is 0.648.